The van der Waals surface area contributed by atoms with Crippen LogP contribution in [0.3, 0.4) is 0 Å². The monoisotopic (exact) mass is 331 g/mol. The first-order chi connectivity index (χ1) is 10.5. The number of thioether (sulfide) groups is 1. The van der Waals surface area contributed by atoms with E-state index in [9.17, 15) is 9.59 Å². The number of carboxylic acids is 1. The molecule has 0 aromatic heterocycles. The van der Waals surface area contributed by atoms with Gasteiger partial charge in [-0.25, -0.2) is 4.79 Å². The molecule has 0 fully saturated rings. The summed E-state index contributed by atoms with van der Waals surface area (Å²) in [6.45, 7) is 0.236. The van der Waals surface area contributed by atoms with E-state index in [0.29, 0.717) is 5.75 Å². The summed E-state index contributed by atoms with van der Waals surface area (Å²) in [5.41, 5.74) is -0.221. The minimum atomic E-state index is -1.13. The molecule has 1 unspecified atom stereocenters. The predicted octanol–water partition coefficient (Wildman–Crippen LogP) is -0.0751. The summed E-state index contributed by atoms with van der Waals surface area (Å²) in [6.07, 6.45) is 2.80. The lowest BCUT2D eigenvalue weighted by atomic mass is 10.2. The first-order valence-electron chi connectivity index (χ1n) is 6.42. The van der Waals surface area contributed by atoms with Crippen LogP contribution in [-0.2, 0) is 19.1 Å². The Hall–Kier alpha value is -1.76. The summed E-state index contributed by atoms with van der Waals surface area (Å²) in [7, 11) is 2.92. The summed E-state index contributed by atoms with van der Waals surface area (Å²) in [4.78, 5) is 23.0. The van der Waals surface area contributed by atoms with Crippen molar-refractivity contribution >= 4 is 23.6 Å². The van der Waals surface area contributed by atoms with Crippen molar-refractivity contribution in [2.24, 2.45) is 0 Å². The molecule has 0 aromatic rings. The number of methoxy groups -OCH3 is 2. The molecule has 0 heterocycles. The molecule has 0 aliphatic carbocycles. The fraction of sp³-hybridized carbons (Fsp3) is 0.615. The molecule has 1 amide bonds. The minimum absolute atomic E-state index is 0.221. The van der Waals surface area contributed by atoms with E-state index in [-0.39, 0.29) is 18.5 Å². The van der Waals surface area contributed by atoms with Gasteiger partial charge in [-0.05, 0) is 18.4 Å². The van der Waals surface area contributed by atoms with Crippen molar-refractivity contribution < 1.29 is 24.2 Å². The molecule has 0 bridgehead atoms. The molecule has 3 N–H and O–H groups in total. The van der Waals surface area contributed by atoms with Crippen molar-refractivity contribution in [2.45, 2.75) is 18.8 Å². The fourth-order valence-corrected chi connectivity index (χ4v) is 1.87. The fourth-order valence-electron chi connectivity index (χ4n) is 1.40. The van der Waals surface area contributed by atoms with Gasteiger partial charge in [0.2, 0.25) is 0 Å². The van der Waals surface area contributed by atoms with E-state index in [2.05, 4.69) is 10.6 Å². The van der Waals surface area contributed by atoms with Crippen molar-refractivity contribution in [3.8, 4) is 6.07 Å². The van der Waals surface area contributed by atoms with Gasteiger partial charge in [-0.2, -0.15) is 17.0 Å². The summed E-state index contributed by atoms with van der Waals surface area (Å²) < 4.78 is 9.88. The maximum absolute atomic E-state index is 11.9. The number of hydrogen-bond acceptors (Lipinski definition) is 7. The lowest BCUT2D eigenvalue weighted by Crippen LogP contribution is -2.42. The molecule has 0 spiro atoms. The molecule has 22 heavy (non-hydrogen) atoms. The summed E-state index contributed by atoms with van der Waals surface area (Å²) in [6, 6.07) is 0.693. The second-order valence-corrected chi connectivity index (χ2v) is 5.11. The third-order valence-corrected chi connectivity index (χ3v) is 3.28. The first kappa shape index (κ1) is 20.2. The van der Waals surface area contributed by atoms with Crippen LogP contribution in [0.25, 0.3) is 0 Å². The number of nitrogens with zero attached hydrogens (tertiary/aromatic N) is 1. The largest absolute Gasteiger partial charge is 0.480 e. The highest BCUT2D eigenvalue weighted by Gasteiger charge is 2.21. The Bertz CT molecular complexity index is 432. The molecule has 9 heteroatoms. The van der Waals surface area contributed by atoms with Gasteiger partial charge in [-0.3, -0.25) is 4.79 Å². The van der Waals surface area contributed by atoms with Crippen molar-refractivity contribution in [1.82, 2.24) is 10.6 Å². The zero-order valence-electron chi connectivity index (χ0n) is 12.8. The second kappa shape index (κ2) is 11.9. The van der Waals surface area contributed by atoms with Crippen molar-refractivity contribution in [3.63, 3.8) is 0 Å². The number of nitrogens with one attached hydrogen (secondary N) is 2. The van der Waals surface area contributed by atoms with Crippen LogP contribution in [0.4, 0.5) is 0 Å². The summed E-state index contributed by atoms with van der Waals surface area (Å²) in [5, 5.41) is 23.1. The zero-order chi connectivity index (χ0) is 17.0. The summed E-state index contributed by atoms with van der Waals surface area (Å²) >= 11 is 1.48. The normalized spacial score (nSPS) is 12.6. The van der Waals surface area contributed by atoms with Gasteiger partial charge in [0.25, 0.3) is 5.91 Å². The van der Waals surface area contributed by atoms with E-state index in [1.165, 1.54) is 32.2 Å². The van der Waals surface area contributed by atoms with Crippen molar-refractivity contribution in [3.05, 3.63) is 11.8 Å². The van der Waals surface area contributed by atoms with E-state index in [1.807, 2.05) is 6.26 Å². The molecule has 0 aliphatic rings. The Morgan fingerprint density at radius 3 is 2.50 bits per heavy atom. The van der Waals surface area contributed by atoms with E-state index in [1.54, 1.807) is 6.07 Å². The van der Waals surface area contributed by atoms with Gasteiger partial charge in [-0.1, -0.05) is 0 Å². The number of aliphatic carboxylic acids is 1. The van der Waals surface area contributed by atoms with Crippen LogP contribution in [0.1, 0.15) is 6.42 Å². The van der Waals surface area contributed by atoms with Gasteiger partial charge in [0.05, 0.1) is 6.54 Å². The Morgan fingerprint density at radius 1 is 1.41 bits per heavy atom. The number of amides is 1. The van der Waals surface area contributed by atoms with Crippen LogP contribution in [0, 0.1) is 11.3 Å². The van der Waals surface area contributed by atoms with Gasteiger partial charge in [0.15, 0.2) is 6.29 Å². The van der Waals surface area contributed by atoms with Crippen LogP contribution in [0.2, 0.25) is 0 Å². The Labute approximate surface area is 133 Å². The first-order valence-corrected chi connectivity index (χ1v) is 7.81. The molecule has 1 atom stereocenters. The summed E-state index contributed by atoms with van der Waals surface area (Å²) in [5.74, 6) is -1.29. The molecule has 124 valence electrons. The third kappa shape index (κ3) is 7.87. The SMILES string of the molecule is COC(CN/C=C(/C#N)C(=O)NC(CCSC)C(=O)O)OC. The number of hydrogen-bond donors (Lipinski definition) is 3. The van der Waals surface area contributed by atoms with E-state index >= 15 is 0 Å². The average Bonchev–Trinajstić information content (AvgIpc) is 2.51. The topological polar surface area (TPSA) is 121 Å². The maximum Gasteiger partial charge on any atom is 0.326 e. The molecule has 0 saturated carbocycles. The predicted molar refractivity (Wildman–Crippen MR) is 82.1 cm³/mol. The number of carbonyl (C=O) groups excluding carboxylic acids is 1. The van der Waals surface area contributed by atoms with Crippen LogP contribution in [0.5, 0.6) is 0 Å². The number of ether oxygens (including phenoxy) is 2. The van der Waals surface area contributed by atoms with Gasteiger partial charge in [0.1, 0.15) is 17.7 Å². The lowest BCUT2D eigenvalue weighted by Gasteiger charge is -2.14. The Balaban J connectivity index is 4.62. The highest BCUT2D eigenvalue weighted by molar-refractivity contribution is 7.98. The molecule has 0 radical (unpaired) electrons. The molecule has 0 saturated heterocycles. The molecule has 0 aliphatic heterocycles. The smallest absolute Gasteiger partial charge is 0.326 e. The molecular weight excluding hydrogens is 310 g/mol. The van der Waals surface area contributed by atoms with Crippen LogP contribution in [-0.4, -0.2) is 62.1 Å². The van der Waals surface area contributed by atoms with Gasteiger partial charge in [0, 0.05) is 20.4 Å². The number of carboxylic acid groups (broad SMARTS) is 1. The van der Waals surface area contributed by atoms with E-state index in [4.69, 9.17) is 19.8 Å². The van der Waals surface area contributed by atoms with Gasteiger partial charge in [-0.15, -0.1) is 0 Å². The van der Waals surface area contributed by atoms with Gasteiger partial charge < -0.3 is 25.2 Å². The van der Waals surface area contributed by atoms with Crippen LogP contribution in [0.15, 0.2) is 11.8 Å². The molecule has 0 aromatic carbocycles. The van der Waals surface area contributed by atoms with Gasteiger partial charge >= 0.3 is 5.97 Å². The maximum atomic E-state index is 11.9. The third-order valence-electron chi connectivity index (χ3n) is 2.64. The molecule has 8 nitrogen and oxygen atoms in total. The lowest BCUT2D eigenvalue weighted by molar-refractivity contribution is -0.141. The zero-order valence-corrected chi connectivity index (χ0v) is 13.6. The second-order valence-electron chi connectivity index (χ2n) is 4.12. The Kier molecular flexibility index (Phi) is 10.9. The minimum Gasteiger partial charge on any atom is -0.480 e. The average molecular weight is 331 g/mol. The van der Waals surface area contributed by atoms with Crippen LogP contribution >= 0.6 is 11.8 Å². The van der Waals surface area contributed by atoms with E-state index < -0.39 is 24.2 Å². The quantitative estimate of drug-likeness (QED) is 0.273. The highest BCUT2D eigenvalue weighted by Crippen LogP contribution is 2.02. The molecular formula is C13H21N3O5S. The Morgan fingerprint density at radius 2 is 2.05 bits per heavy atom. The highest BCUT2D eigenvalue weighted by atomic mass is 32.2. The van der Waals surface area contributed by atoms with E-state index in [0.717, 1.165) is 0 Å². The number of carbonyl (C=O) groups is 2. The number of nitriles is 1. The number of rotatable bonds is 11. The standard InChI is InChI=1S/C13H21N3O5S/c1-20-11(21-2)8-15-7-9(6-14)12(17)16-10(13(18)19)4-5-22-3/h7,10-11,15H,4-5,8H2,1-3H3,(H,16,17)(H,18,19)/b9-7-. The van der Waals surface area contributed by atoms with Crippen molar-refractivity contribution in [2.75, 3.05) is 32.8 Å². The molecule has 0 rings (SSSR count). The van der Waals surface area contributed by atoms with Crippen LogP contribution < -0.4 is 10.6 Å². The van der Waals surface area contributed by atoms with Crippen molar-refractivity contribution in [1.29, 1.82) is 5.26 Å².